The van der Waals surface area contributed by atoms with E-state index in [1.54, 1.807) is 11.3 Å². The van der Waals surface area contributed by atoms with Crippen molar-refractivity contribution in [3.63, 3.8) is 0 Å². The smallest absolute Gasteiger partial charge is 0.140 e. The number of nitrogens with two attached hydrogens (primary N) is 1. The number of nitrogens with zero attached hydrogens (tertiary/aromatic N) is 2. The fourth-order valence-electron chi connectivity index (χ4n) is 2.14. The van der Waals surface area contributed by atoms with Crippen molar-refractivity contribution in [2.24, 2.45) is 5.73 Å². The van der Waals surface area contributed by atoms with Crippen LogP contribution in [0.1, 0.15) is 21.7 Å². The lowest BCUT2D eigenvalue weighted by molar-refractivity contribution is 0.900. The maximum absolute atomic E-state index is 7.74. The van der Waals surface area contributed by atoms with Gasteiger partial charge in [0.1, 0.15) is 11.7 Å². The molecule has 2 aromatic rings. The maximum Gasteiger partial charge on any atom is 0.140 e. The molecule has 5 heteroatoms. The van der Waals surface area contributed by atoms with E-state index in [9.17, 15) is 0 Å². The minimum atomic E-state index is 0.0676. The molecule has 100 valence electrons. The minimum absolute atomic E-state index is 0.0676. The highest BCUT2D eigenvalue weighted by molar-refractivity contribution is 7.09. The summed E-state index contributed by atoms with van der Waals surface area (Å²) in [4.78, 5) is 7.85. The van der Waals surface area contributed by atoms with Gasteiger partial charge in [-0.3, -0.25) is 5.41 Å². The fraction of sp³-hybridized carbons (Fsp3) is 0.286. The molecule has 2 heterocycles. The molecule has 0 saturated heterocycles. The average molecular weight is 274 g/mol. The largest absolute Gasteiger partial charge is 0.384 e. The SMILES string of the molecule is Cc1cc(C)c(C(=N)N)c(N(C)Cc2cccs2)n1. The molecule has 3 N–H and O–H groups in total. The summed E-state index contributed by atoms with van der Waals surface area (Å²) in [5.74, 6) is 0.844. The topological polar surface area (TPSA) is 66.0 Å². The normalized spacial score (nSPS) is 10.5. The van der Waals surface area contributed by atoms with Crippen LogP contribution in [0.4, 0.5) is 5.82 Å². The molecular formula is C14H18N4S. The van der Waals surface area contributed by atoms with E-state index in [2.05, 4.69) is 16.4 Å². The number of aryl methyl sites for hydroxylation is 2. The molecular weight excluding hydrogens is 256 g/mol. The summed E-state index contributed by atoms with van der Waals surface area (Å²) >= 11 is 1.71. The summed E-state index contributed by atoms with van der Waals surface area (Å²) in [6.45, 7) is 4.70. The van der Waals surface area contributed by atoms with Gasteiger partial charge in [-0.2, -0.15) is 0 Å². The number of aromatic nitrogens is 1. The van der Waals surface area contributed by atoms with Gasteiger partial charge in [0.2, 0.25) is 0 Å². The number of amidine groups is 1. The molecule has 0 aliphatic carbocycles. The molecule has 0 amide bonds. The van der Waals surface area contributed by atoms with Crippen molar-refractivity contribution in [3.8, 4) is 0 Å². The van der Waals surface area contributed by atoms with Gasteiger partial charge in [0.05, 0.1) is 12.1 Å². The van der Waals surface area contributed by atoms with E-state index in [4.69, 9.17) is 11.1 Å². The standard InChI is InChI=1S/C14H18N4S/c1-9-7-10(2)17-14(12(9)13(15)16)18(3)8-11-5-4-6-19-11/h4-7H,8H2,1-3H3,(H3,15,16). The molecule has 0 spiro atoms. The number of nitrogens with one attached hydrogen (secondary N) is 1. The van der Waals surface area contributed by atoms with Crippen molar-refractivity contribution in [1.29, 1.82) is 5.41 Å². The number of rotatable bonds is 4. The third kappa shape index (κ3) is 2.93. The van der Waals surface area contributed by atoms with Crippen molar-refractivity contribution in [2.75, 3.05) is 11.9 Å². The van der Waals surface area contributed by atoms with Crippen molar-refractivity contribution in [1.82, 2.24) is 4.98 Å². The Kier molecular flexibility index (Phi) is 3.85. The number of pyridine rings is 1. The van der Waals surface area contributed by atoms with Crippen molar-refractivity contribution >= 4 is 23.0 Å². The second-order valence-corrected chi connectivity index (χ2v) is 5.66. The van der Waals surface area contributed by atoms with Crippen LogP contribution in [0, 0.1) is 19.3 Å². The van der Waals surface area contributed by atoms with E-state index in [0.717, 1.165) is 29.2 Å². The van der Waals surface area contributed by atoms with Gasteiger partial charge < -0.3 is 10.6 Å². The highest BCUT2D eigenvalue weighted by Gasteiger charge is 2.15. The first-order valence-electron chi connectivity index (χ1n) is 6.05. The minimum Gasteiger partial charge on any atom is -0.384 e. The Bertz CT molecular complexity index is 590. The molecule has 2 aromatic heterocycles. The Hall–Kier alpha value is -1.88. The van der Waals surface area contributed by atoms with Gasteiger partial charge in [0.25, 0.3) is 0 Å². The van der Waals surface area contributed by atoms with E-state index in [1.807, 2.05) is 37.9 Å². The Morgan fingerprint density at radius 2 is 2.21 bits per heavy atom. The van der Waals surface area contributed by atoms with Crippen molar-refractivity contribution in [2.45, 2.75) is 20.4 Å². The first-order chi connectivity index (χ1) is 8.99. The highest BCUT2D eigenvalue weighted by Crippen LogP contribution is 2.23. The Balaban J connectivity index is 2.40. The Labute approximate surface area is 117 Å². The summed E-state index contributed by atoms with van der Waals surface area (Å²) in [5, 5.41) is 9.80. The van der Waals surface area contributed by atoms with Crippen LogP contribution in [0.5, 0.6) is 0 Å². The van der Waals surface area contributed by atoms with Crippen LogP contribution < -0.4 is 10.6 Å². The number of hydrogen-bond donors (Lipinski definition) is 2. The molecule has 4 nitrogen and oxygen atoms in total. The van der Waals surface area contributed by atoms with E-state index < -0.39 is 0 Å². The van der Waals surface area contributed by atoms with Crippen LogP contribution in [0.2, 0.25) is 0 Å². The predicted molar refractivity (Wildman–Crippen MR) is 81.2 cm³/mol. The molecule has 0 unspecified atom stereocenters. The maximum atomic E-state index is 7.74. The molecule has 0 bridgehead atoms. The summed E-state index contributed by atoms with van der Waals surface area (Å²) in [7, 11) is 1.98. The van der Waals surface area contributed by atoms with Gasteiger partial charge in [-0.15, -0.1) is 11.3 Å². The van der Waals surface area contributed by atoms with Gasteiger partial charge in [-0.1, -0.05) is 6.07 Å². The third-order valence-electron chi connectivity index (χ3n) is 2.93. The van der Waals surface area contributed by atoms with Crippen molar-refractivity contribution < 1.29 is 0 Å². The zero-order valence-electron chi connectivity index (χ0n) is 11.4. The number of nitrogen functional groups attached to an aromatic ring is 1. The van der Waals surface area contributed by atoms with E-state index in [-0.39, 0.29) is 5.84 Å². The molecule has 0 saturated carbocycles. The van der Waals surface area contributed by atoms with E-state index in [0.29, 0.717) is 0 Å². The molecule has 0 aliphatic heterocycles. The lowest BCUT2D eigenvalue weighted by atomic mass is 10.1. The molecule has 0 radical (unpaired) electrons. The molecule has 0 fully saturated rings. The molecule has 19 heavy (non-hydrogen) atoms. The van der Waals surface area contributed by atoms with Gasteiger partial charge in [0.15, 0.2) is 0 Å². The monoisotopic (exact) mass is 274 g/mol. The Morgan fingerprint density at radius 1 is 1.47 bits per heavy atom. The second-order valence-electron chi connectivity index (χ2n) is 4.63. The van der Waals surface area contributed by atoms with Gasteiger partial charge in [-0.05, 0) is 36.9 Å². The van der Waals surface area contributed by atoms with Gasteiger partial charge >= 0.3 is 0 Å². The van der Waals surface area contributed by atoms with E-state index in [1.165, 1.54) is 4.88 Å². The molecule has 2 rings (SSSR count). The first kappa shape index (κ1) is 13.5. The lowest BCUT2D eigenvalue weighted by Crippen LogP contribution is -2.24. The van der Waals surface area contributed by atoms with Crippen LogP contribution in [0.3, 0.4) is 0 Å². The van der Waals surface area contributed by atoms with Crippen LogP contribution in [0.15, 0.2) is 23.6 Å². The molecule has 0 aromatic carbocycles. The van der Waals surface area contributed by atoms with Crippen LogP contribution in [-0.4, -0.2) is 17.9 Å². The summed E-state index contributed by atoms with van der Waals surface area (Å²) in [6.07, 6.45) is 0. The highest BCUT2D eigenvalue weighted by atomic mass is 32.1. The van der Waals surface area contributed by atoms with Crippen LogP contribution in [-0.2, 0) is 6.54 Å². The molecule has 0 aliphatic rings. The number of hydrogen-bond acceptors (Lipinski definition) is 4. The van der Waals surface area contributed by atoms with Crippen LogP contribution >= 0.6 is 11.3 Å². The summed E-state index contributed by atoms with van der Waals surface area (Å²) in [5.41, 5.74) is 8.36. The Morgan fingerprint density at radius 3 is 2.79 bits per heavy atom. The summed E-state index contributed by atoms with van der Waals surface area (Å²) in [6, 6.07) is 6.09. The van der Waals surface area contributed by atoms with Crippen molar-refractivity contribution in [3.05, 3.63) is 45.3 Å². The third-order valence-corrected chi connectivity index (χ3v) is 3.79. The number of anilines is 1. The van der Waals surface area contributed by atoms with Gasteiger partial charge in [-0.25, -0.2) is 4.98 Å². The van der Waals surface area contributed by atoms with Gasteiger partial charge in [0, 0.05) is 17.6 Å². The van der Waals surface area contributed by atoms with E-state index >= 15 is 0 Å². The fourth-order valence-corrected chi connectivity index (χ4v) is 2.89. The first-order valence-corrected chi connectivity index (χ1v) is 6.93. The zero-order chi connectivity index (χ0) is 14.0. The second kappa shape index (κ2) is 5.40. The quantitative estimate of drug-likeness (QED) is 0.665. The number of thiophene rings is 1. The predicted octanol–water partition coefficient (Wildman–Crippen LogP) is 2.68. The molecule has 0 atom stereocenters. The van der Waals surface area contributed by atoms with Crippen LogP contribution in [0.25, 0.3) is 0 Å². The lowest BCUT2D eigenvalue weighted by Gasteiger charge is -2.22. The average Bonchev–Trinajstić information content (AvgIpc) is 2.79. The summed E-state index contributed by atoms with van der Waals surface area (Å²) < 4.78 is 0. The zero-order valence-corrected chi connectivity index (χ0v) is 12.2.